The van der Waals surface area contributed by atoms with Crippen molar-refractivity contribution in [2.75, 3.05) is 5.75 Å². The largest absolute Gasteiger partial charge is 0.441 e. The van der Waals surface area contributed by atoms with Gasteiger partial charge in [0.25, 0.3) is 0 Å². The smallest absolute Gasteiger partial charge is 0.235 e. The zero-order valence-corrected chi connectivity index (χ0v) is 17.7. The van der Waals surface area contributed by atoms with E-state index in [1.54, 1.807) is 31.2 Å². The predicted octanol–water partition coefficient (Wildman–Crippen LogP) is 3.84. The van der Waals surface area contributed by atoms with Gasteiger partial charge in [-0.05, 0) is 37.6 Å². The first-order valence-corrected chi connectivity index (χ1v) is 11.2. The van der Waals surface area contributed by atoms with Gasteiger partial charge >= 0.3 is 0 Å². The molecule has 0 aliphatic heterocycles. The maximum absolute atomic E-state index is 12.5. The molecule has 0 atom stereocenters. The maximum Gasteiger partial charge on any atom is 0.235 e. The summed E-state index contributed by atoms with van der Waals surface area (Å²) < 4.78 is 30.5. The van der Waals surface area contributed by atoms with Crippen molar-refractivity contribution in [2.45, 2.75) is 26.1 Å². The molecule has 3 aromatic rings. The van der Waals surface area contributed by atoms with Crippen LogP contribution in [0.5, 0.6) is 0 Å². The van der Waals surface area contributed by atoms with Gasteiger partial charge in [0.05, 0.1) is 11.4 Å². The summed E-state index contributed by atoms with van der Waals surface area (Å²) in [6.07, 6.45) is 0. The third-order valence-corrected chi connectivity index (χ3v) is 6.12. The number of hydrogen-bond donors (Lipinski definition) is 1. The molecule has 8 heteroatoms. The fraction of sp³-hybridized carbons (Fsp3) is 0.238. The fourth-order valence-electron chi connectivity index (χ4n) is 2.73. The summed E-state index contributed by atoms with van der Waals surface area (Å²) in [6, 6.07) is 14.6. The van der Waals surface area contributed by atoms with Crippen LogP contribution in [0.2, 0.25) is 5.02 Å². The third-order valence-electron chi connectivity index (χ3n) is 4.33. The molecule has 0 unspecified atom stereocenters. The molecule has 6 nitrogen and oxygen atoms in total. The topological polar surface area (TPSA) is 89.3 Å². The number of rotatable bonds is 7. The lowest BCUT2D eigenvalue weighted by molar-refractivity contribution is -0.118. The van der Waals surface area contributed by atoms with Crippen molar-refractivity contribution in [1.82, 2.24) is 10.3 Å². The number of oxazole rings is 1. The second kappa shape index (κ2) is 8.80. The van der Waals surface area contributed by atoms with Crippen LogP contribution in [-0.4, -0.2) is 25.1 Å². The van der Waals surface area contributed by atoms with Gasteiger partial charge in [-0.25, -0.2) is 13.4 Å². The van der Waals surface area contributed by atoms with E-state index in [1.807, 2.05) is 31.2 Å². The predicted molar refractivity (Wildman–Crippen MR) is 112 cm³/mol. The number of amides is 1. The molecule has 0 aliphatic carbocycles. The van der Waals surface area contributed by atoms with Crippen LogP contribution in [-0.2, 0) is 26.9 Å². The fourth-order valence-corrected chi connectivity index (χ4v) is 4.22. The van der Waals surface area contributed by atoms with E-state index in [2.05, 4.69) is 10.3 Å². The van der Waals surface area contributed by atoms with E-state index in [4.69, 9.17) is 16.0 Å². The number of aromatic nitrogens is 1. The minimum atomic E-state index is -3.71. The molecule has 1 aromatic heterocycles. The molecule has 1 amide bonds. The average Bonchev–Trinajstić information content (AvgIpc) is 3.01. The van der Waals surface area contributed by atoms with Gasteiger partial charge in [0.15, 0.2) is 9.84 Å². The normalized spacial score (nSPS) is 11.4. The monoisotopic (exact) mass is 432 g/mol. The number of benzene rings is 2. The van der Waals surface area contributed by atoms with Crippen molar-refractivity contribution in [3.63, 3.8) is 0 Å². The molecule has 0 fully saturated rings. The Morgan fingerprint density at radius 1 is 1.10 bits per heavy atom. The molecule has 0 radical (unpaired) electrons. The van der Waals surface area contributed by atoms with Crippen molar-refractivity contribution in [2.24, 2.45) is 0 Å². The highest BCUT2D eigenvalue weighted by Crippen LogP contribution is 2.23. The van der Waals surface area contributed by atoms with Crippen molar-refractivity contribution >= 4 is 27.3 Å². The highest BCUT2D eigenvalue weighted by atomic mass is 35.5. The first-order chi connectivity index (χ1) is 13.7. The molecule has 0 aliphatic rings. The van der Waals surface area contributed by atoms with E-state index in [9.17, 15) is 13.2 Å². The van der Waals surface area contributed by atoms with E-state index in [-0.39, 0.29) is 12.3 Å². The number of aryl methyl sites for hydroxylation is 2. The summed E-state index contributed by atoms with van der Waals surface area (Å²) in [4.78, 5) is 16.4. The zero-order chi connectivity index (χ0) is 21.0. The Morgan fingerprint density at radius 2 is 1.79 bits per heavy atom. The molecule has 29 heavy (non-hydrogen) atoms. The Balaban J connectivity index is 1.64. The summed E-state index contributed by atoms with van der Waals surface area (Å²) in [5, 5.41) is 3.10. The summed E-state index contributed by atoms with van der Waals surface area (Å²) in [5.74, 6) is -0.821. The van der Waals surface area contributed by atoms with Crippen molar-refractivity contribution in [3.8, 4) is 11.5 Å². The van der Waals surface area contributed by atoms with Crippen LogP contribution in [0.25, 0.3) is 11.5 Å². The Bertz CT molecular complexity index is 1120. The van der Waals surface area contributed by atoms with Gasteiger partial charge < -0.3 is 9.73 Å². The summed E-state index contributed by atoms with van der Waals surface area (Å²) >= 11 is 6.04. The molecule has 0 saturated carbocycles. The number of hydrogen-bond acceptors (Lipinski definition) is 5. The van der Waals surface area contributed by atoms with Crippen molar-refractivity contribution in [3.05, 3.63) is 76.1 Å². The average molecular weight is 433 g/mol. The van der Waals surface area contributed by atoms with Crippen molar-refractivity contribution in [1.29, 1.82) is 0 Å². The Labute approximate surface area is 174 Å². The van der Waals surface area contributed by atoms with E-state index in [1.165, 1.54) is 0 Å². The quantitative estimate of drug-likeness (QED) is 0.612. The van der Waals surface area contributed by atoms with Gasteiger partial charge in [-0.3, -0.25) is 4.79 Å². The molecule has 152 valence electrons. The first kappa shape index (κ1) is 21.1. The first-order valence-electron chi connectivity index (χ1n) is 8.97. The number of nitrogens with zero attached hydrogens (tertiary/aromatic N) is 1. The molecular formula is C21H21ClN2O4S. The van der Waals surface area contributed by atoms with Gasteiger partial charge in [-0.1, -0.05) is 47.5 Å². The standard InChI is InChI=1S/C21H21ClN2O4S/c1-14-7-9-16(10-8-14)21-24-19(15(2)28-21)12-29(26,27)13-20(25)23-11-17-5-3-4-6-18(17)22/h3-10H,11-13H2,1-2H3,(H,23,25). The number of halogens is 1. The second-order valence-corrected chi connectivity index (χ2v) is 9.26. The third kappa shape index (κ3) is 5.68. The van der Waals surface area contributed by atoms with E-state index in [0.717, 1.165) is 16.7 Å². The van der Waals surface area contributed by atoms with Crippen LogP contribution in [0.4, 0.5) is 0 Å². The zero-order valence-electron chi connectivity index (χ0n) is 16.1. The van der Waals surface area contributed by atoms with Gasteiger partial charge in [0.1, 0.15) is 11.5 Å². The number of carbonyl (C=O) groups excluding carboxylic acids is 1. The van der Waals surface area contributed by atoms with Crippen LogP contribution in [0.15, 0.2) is 52.9 Å². The van der Waals surface area contributed by atoms with Crippen molar-refractivity contribution < 1.29 is 17.6 Å². The summed E-state index contributed by atoms with van der Waals surface area (Å²) in [6.45, 7) is 3.79. The molecule has 0 bridgehead atoms. The van der Waals surface area contributed by atoms with Gasteiger partial charge in [0, 0.05) is 17.1 Å². The molecule has 2 aromatic carbocycles. The second-order valence-electron chi connectivity index (χ2n) is 6.79. The highest BCUT2D eigenvalue weighted by molar-refractivity contribution is 7.91. The Morgan fingerprint density at radius 3 is 2.48 bits per heavy atom. The number of nitrogens with one attached hydrogen (secondary N) is 1. The van der Waals surface area contributed by atoms with E-state index >= 15 is 0 Å². The summed E-state index contributed by atoms with van der Waals surface area (Å²) in [5.41, 5.74) is 2.89. The van der Waals surface area contributed by atoms with Gasteiger partial charge in [-0.15, -0.1) is 0 Å². The molecule has 0 saturated heterocycles. The SMILES string of the molecule is Cc1ccc(-c2nc(CS(=O)(=O)CC(=O)NCc3ccccc3Cl)c(C)o2)cc1. The minimum absolute atomic E-state index is 0.161. The maximum atomic E-state index is 12.5. The molecule has 1 N–H and O–H groups in total. The van der Waals surface area contributed by atoms with Crippen LogP contribution in [0.1, 0.15) is 22.6 Å². The minimum Gasteiger partial charge on any atom is -0.441 e. The Kier molecular flexibility index (Phi) is 6.39. The number of sulfone groups is 1. The van der Waals surface area contributed by atoms with Gasteiger partial charge in [-0.2, -0.15) is 0 Å². The number of carbonyl (C=O) groups is 1. The van der Waals surface area contributed by atoms with E-state index < -0.39 is 21.5 Å². The van der Waals surface area contributed by atoms with Crippen LogP contribution in [0.3, 0.4) is 0 Å². The van der Waals surface area contributed by atoms with Gasteiger partial charge in [0.2, 0.25) is 11.8 Å². The molecule has 3 rings (SSSR count). The van der Waals surface area contributed by atoms with Crippen LogP contribution in [0, 0.1) is 13.8 Å². The highest BCUT2D eigenvalue weighted by Gasteiger charge is 2.22. The van der Waals surface area contributed by atoms with Crippen LogP contribution >= 0.6 is 11.6 Å². The molecule has 0 spiro atoms. The molecular weight excluding hydrogens is 412 g/mol. The lowest BCUT2D eigenvalue weighted by Crippen LogP contribution is -2.30. The molecule has 1 heterocycles. The van der Waals surface area contributed by atoms with Crippen LogP contribution < -0.4 is 5.32 Å². The summed E-state index contributed by atoms with van der Waals surface area (Å²) in [7, 11) is -3.71. The lowest BCUT2D eigenvalue weighted by Gasteiger charge is -2.07. The van der Waals surface area contributed by atoms with E-state index in [0.29, 0.717) is 22.4 Å². The lowest BCUT2D eigenvalue weighted by atomic mass is 10.1. The Hall–Kier alpha value is -2.64.